The number of aryl methyl sites for hydroxylation is 2. The first-order valence-corrected chi connectivity index (χ1v) is 8.60. The fourth-order valence-electron chi connectivity index (χ4n) is 2.82. The average molecular weight is 376 g/mol. The zero-order valence-corrected chi connectivity index (χ0v) is 15.4. The van der Waals surface area contributed by atoms with Crippen LogP contribution >= 0.6 is 0 Å². The largest absolute Gasteiger partial charge is 0.340 e. The van der Waals surface area contributed by atoms with Crippen molar-refractivity contribution < 1.29 is 8.78 Å². The lowest BCUT2D eigenvalue weighted by molar-refractivity contribution is 0.626. The number of nitrogens with one attached hydrogen (secondary N) is 2. The van der Waals surface area contributed by atoms with Gasteiger partial charge in [-0.15, -0.1) is 0 Å². The molecule has 0 saturated heterocycles. The van der Waals surface area contributed by atoms with Crippen molar-refractivity contribution in [2.75, 3.05) is 10.6 Å². The second-order valence-electron chi connectivity index (χ2n) is 6.28. The molecule has 0 aliphatic heterocycles. The highest BCUT2D eigenvalue weighted by Crippen LogP contribution is 2.27. The van der Waals surface area contributed by atoms with Gasteiger partial charge in [-0.1, -0.05) is 0 Å². The molecular formula is C22H18F2N4. The van der Waals surface area contributed by atoms with E-state index in [0.29, 0.717) is 11.5 Å². The van der Waals surface area contributed by atoms with Crippen LogP contribution in [0, 0.1) is 36.8 Å². The van der Waals surface area contributed by atoms with Crippen molar-refractivity contribution >= 4 is 29.1 Å². The molecule has 0 aliphatic rings. The Hall–Kier alpha value is -3.72. The molecule has 1 heterocycles. The summed E-state index contributed by atoms with van der Waals surface area (Å²) in [6.07, 6.45) is 3.17. The van der Waals surface area contributed by atoms with Crippen molar-refractivity contribution in [3.8, 4) is 6.07 Å². The molecule has 0 radical (unpaired) electrons. The first-order chi connectivity index (χ1) is 13.5. The van der Waals surface area contributed by atoms with E-state index in [1.54, 1.807) is 12.1 Å². The number of nitriles is 1. The molecule has 1 aromatic heterocycles. The van der Waals surface area contributed by atoms with Crippen LogP contribution in [0.1, 0.15) is 16.7 Å². The van der Waals surface area contributed by atoms with Crippen LogP contribution in [0.5, 0.6) is 0 Å². The molecule has 28 heavy (non-hydrogen) atoms. The minimum atomic E-state index is -0.514. The maximum absolute atomic E-state index is 14.1. The van der Waals surface area contributed by atoms with E-state index in [-0.39, 0.29) is 11.6 Å². The summed E-state index contributed by atoms with van der Waals surface area (Å²) in [6, 6.07) is 14.3. The summed E-state index contributed by atoms with van der Waals surface area (Å²) in [5.41, 5.74) is 4.26. The van der Waals surface area contributed by atoms with Crippen molar-refractivity contribution in [2.24, 2.45) is 0 Å². The van der Waals surface area contributed by atoms with Gasteiger partial charge in [-0.25, -0.2) is 13.8 Å². The van der Waals surface area contributed by atoms with Crippen molar-refractivity contribution in [2.45, 2.75) is 13.8 Å². The predicted molar refractivity (Wildman–Crippen MR) is 108 cm³/mol. The van der Waals surface area contributed by atoms with Crippen LogP contribution in [0.4, 0.5) is 31.8 Å². The Morgan fingerprint density at radius 3 is 2.29 bits per heavy atom. The van der Waals surface area contributed by atoms with Gasteiger partial charge in [0.1, 0.15) is 11.6 Å². The van der Waals surface area contributed by atoms with E-state index in [9.17, 15) is 8.78 Å². The maximum Gasteiger partial charge on any atom is 0.168 e. The predicted octanol–water partition coefficient (Wildman–Crippen LogP) is 6.00. The van der Waals surface area contributed by atoms with E-state index in [2.05, 4.69) is 15.6 Å². The number of nitrogens with zero attached hydrogens (tertiary/aromatic N) is 2. The molecule has 3 rings (SSSR count). The summed E-state index contributed by atoms with van der Waals surface area (Å²) in [6.45, 7) is 3.89. The Morgan fingerprint density at radius 1 is 0.964 bits per heavy atom. The number of pyridine rings is 1. The maximum atomic E-state index is 14.1. The van der Waals surface area contributed by atoms with Gasteiger partial charge in [-0.2, -0.15) is 5.26 Å². The SMILES string of the molecule is Cc1cc(C=CC#N)cc(C)c1Nc1ccc(F)c(Nc2ccc(F)cc2)n1. The Morgan fingerprint density at radius 2 is 1.64 bits per heavy atom. The number of hydrogen-bond donors (Lipinski definition) is 2. The molecule has 6 heteroatoms. The third-order valence-corrected chi connectivity index (χ3v) is 4.11. The summed E-state index contributed by atoms with van der Waals surface area (Å²) in [7, 11) is 0. The number of aromatic nitrogens is 1. The van der Waals surface area contributed by atoms with Gasteiger partial charge in [-0.05, 0) is 85.1 Å². The van der Waals surface area contributed by atoms with E-state index in [1.807, 2.05) is 32.0 Å². The molecular weight excluding hydrogens is 358 g/mol. The molecule has 0 atom stereocenters. The quantitative estimate of drug-likeness (QED) is 0.536. The lowest BCUT2D eigenvalue weighted by atomic mass is 10.0. The normalized spacial score (nSPS) is 10.7. The van der Waals surface area contributed by atoms with Gasteiger partial charge in [0, 0.05) is 17.5 Å². The lowest BCUT2D eigenvalue weighted by Crippen LogP contribution is -2.03. The van der Waals surface area contributed by atoms with Crippen LogP contribution in [0.2, 0.25) is 0 Å². The molecule has 2 N–H and O–H groups in total. The molecule has 0 saturated carbocycles. The number of anilines is 4. The Labute approximate surface area is 162 Å². The number of benzene rings is 2. The molecule has 0 aliphatic carbocycles. The van der Waals surface area contributed by atoms with E-state index in [0.717, 1.165) is 22.4 Å². The summed E-state index contributed by atoms with van der Waals surface area (Å²) in [5, 5.41) is 14.7. The van der Waals surface area contributed by atoms with E-state index < -0.39 is 5.82 Å². The second-order valence-corrected chi connectivity index (χ2v) is 6.28. The highest BCUT2D eigenvalue weighted by Gasteiger charge is 2.09. The third kappa shape index (κ3) is 4.51. The fraction of sp³-hybridized carbons (Fsp3) is 0.0909. The Balaban J connectivity index is 1.86. The van der Waals surface area contributed by atoms with Crippen LogP contribution in [-0.2, 0) is 0 Å². The standard InChI is InChI=1S/C22H18F2N4/c1-14-12-16(4-3-11-25)13-15(2)21(14)27-20-10-9-19(24)22(28-20)26-18-7-5-17(23)6-8-18/h3-10,12-13H,1-2H3,(H2,26,27,28). The van der Waals surface area contributed by atoms with Gasteiger partial charge in [0.2, 0.25) is 0 Å². The van der Waals surface area contributed by atoms with Gasteiger partial charge in [0.15, 0.2) is 11.6 Å². The topological polar surface area (TPSA) is 60.7 Å². The molecule has 140 valence electrons. The summed E-state index contributed by atoms with van der Waals surface area (Å²) in [5.74, 6) is -0.369. The van der Waals surface area contributed by atoms with Crippen molar-refractivity contribution in [1.29, 1.82) is 5.26 Å². The van der Waals surface area contributed by atoms with Crippen LogP contribution in [0.3, 0.4) is 0 Å². The van der Waals surface area contributed by atoms with Gasteiger partial charge in [-0.3, -0.25) is 0 Å². The molecule has 0 bridgehead atoms. The molecule has 4 nitrogen and oxygen atoms in total. The summed E-state index contributed by atoms with van der Waals surface area (Å²) in [4.78, 5) is 4.29. The molecule has 0 spiro atoms. The molecule has 0 fully saturated rings. The molecule has 3 aromatic rings. The minimum absolute atomic E-state index is 0.0421. The van der Waals surface area contributed by atoms with Crippen LogP contribution in [-0.4, -0.2) is 4.98 Å². The zero-order chi connectivity index (χ0) is 20.1. The van der Waals surface area contributed by atoms with Gasteiger partial charge in [0.05, 0.1) is 6.07 Å². The van der Waals surface area contributed by atoms with Crippen molar-refractivity contribution in [1.82, 2.24) is 4.98 Å². The Bertz CT molecular complexity index is 1040. The zero-order valence-electron chi connectivity index (χ0n) is 15.4. The molecule has 0 amide bonds. The van der Waals surface area contributed by atoms with Gasteiger partial charge in [0.25, 0.3) is 0 Å². The average Bonchev–Trinajstić information content (AvgIpc) is 2.67. The summed E-state index contributed by atoms with van der Waals surface area (Å²) >= 11 is 0. The molecule has 0 unspecified atom stereocenters. The Kier molecular flexibility index (Phi) is 5.66. The van der Waals surface area contributed by atoms with Crippen molar-refractivity contribution in [3.63, 3.8) is 0 Å². The van der Waals surface area contributed by atoms with Crippen LogP contribution in [0.25, 0.3) is 6.08 Å². The van der Waals surface area contributed by atoms with E-state index in [4.69, 9.17) is 5.26 Å². The van der Waals surface area contributed by atoms with Crippen LogP contribution in [0.15, 0.2) is 54.6 Å². The van der Waals surface area contributed by atoms with E-state index >= 15 is 0 Å². The number of hydrogen-bond acceptors (Lipinski definition) is 4. The van der Waals surface area contributed by atoms with E-state index in [1.165, 1.54) is 36.4 Å². The highest BCUT2D eigenvalue weighted by atomic mass is 19.1. The monoisotopic (exact) mass is 376 g/mol. The number of rotatable bonds is 5. The van der Waals surface area contributed by atoms with Crippen LogP contribution < -0.4 is 10.6 Å². The van der Waals surface area contributed by atoms with Gasteiger partial charge < -0.3 is 10.6 Å². The first kappa shape index (κ1) is 19.1. The smallest absolute Gasteiger partial charge is 0.168 e. The van der Waals surface area contributed by atoms with Crippen molar-refractivity contribution in [3.05, 3.63) is 82.9 Å². The second kappa shape index (κ2) is 8.31. The highest BCUT2D eigenvalue weighted by molar-refractivity contribution is 5.70. The summed E-state index contributed by atoms with van der Waals surface area (Å²) < 4.78 is 27.2. The minimum Gasteiger partial charge on any atom is -0.340 e. The molecule has 2 aromatic carbocycles. The number of halogens is 2. The first-order valence-electron chi connectivity index (χ1n) is 8.60. The van der Waals surface area contributed by atoms with Gasteiger partial charge >= 0.3 is 0 Å². The number of allylic oxidation sites excluding steroid dienone is 1. The lowest BCUT2D eigenvalue weighted by Gasteiger charge is -2.15. The third-order valence-electron chi connectivity index (χ3n) is 4.11. The fourth-order valence-corrected chi connectivity index (χ4v) is 2.82.